The van der Waals surface area contributed by atoms with Crippen molar-refractivity contribution in [1.82, 2.24) is 10.2 Å². The zero-order chi connectivity index (χ0) is 14.5. The lowest BCUT2D eigenvalue weighted by Gasteiger charge is -2.24. The number of hydrogen-bond donors (Lipinski definition) is 1. The van der Waals surface area contributed by atoms with Gasteiger partial charge in [-0.3, -0.25) is 9.59 Å². The smallest absolute Gasteiger partial charge is 0.249 e. The van der Waals surface area contributed by atoms with E-state index in [9.17, 15) is 9.59 Å². The first kappa shape index (κ1) is 17.5. The number of benzene rings is 1. The van der Waals surface area contributed by atoms with Crippen molar-refractivity contribution in [3.63, 3.8) is 0 Å². The fourth-order valence-electron chi connectivity index (χ4n) is 2.47. The van der Waals surface area contributed by atoms with E-state index in [1.54, 1.807) is 16.8 Å². The van der Waals surface area contributed by atoms with Crippen LogP contribution >= 0.6 is 12.4 Å². The quantitative estimate of drug-likeness (QED) is 0.891. The van der Waals surface area contributed by atoms with Crippen molar-refractivity contribution in [1.29, 1.82) is 0 Å². The Morgan fingerprint density at radius 3 is 2.67 bits per heavy atom. The summed E-state index contributed by atoms with van der Waals surface area (Å²) in [5, 5.41) is 2.95. The van der Waals surface area contributed by atoms with Gasteiger partial charge in [-0.2, -0.15) is 0 Å². The van der Waals surface area contributed by atoms with E-state index in [2.05, 4.69) is 5.32 Å². The van der Waals surface area contributed by atoms with Crippen molar-refractivity contribution in [3.05, 3.63) is 30.3 Å². The third-order valence-corrected chi connectivity index (χ3v) is 3.69. The molecule has 1 fully saturated rings. The molecule has 0 saturated carbocycles. The summed E-state index contributed by atoms with van der Waals surface area (Å²) in [5.41, 5.74) is 0.899. The molecule has 1 unspecified atom stereocenters. The van der Waals surface area contributed by atoms with Crippen LogP contribution in [0.2, 0.25) is 0 Å². The van der Waals surface area contributed by atoms with Crippen molar-refractivity contribution in [2.75, 3.05) is 32.1 Å². The molecular weight excluding hydrogens is 290 g/mol. The van der Waals surface area contributed by atoms with E-state index < -0.39 is 0 Å². The molecule has 2 amide bonds. The molecule has 116 valence electrons. The lowest BCUT2D eigenvalue weighted by Crippen LogP contribution is -2.43. The number of nitrogens with one attached hydrogen (secondary N) is 1. The van der Waals surface area contributed by atoms with Gasteiger partial charge in [0.05, 0.1) is 0 Å². The van der Waals surface area contributed by atoms with Crippen LogP contribution < -0.4 is 10.2 Å². The summed E-state index contributed by atoms with van der Waals surface area (Å²) in [6.07, 6.45) is 1.11. The number of nitrogens with zero attached hydrogens (tertiary/aromatic N) is 2. The second kappa shape index (κ2) is 8.00. The van der Waals surface area contributed by atoms with Crippen LogP contribution in [0.5, 0.6) is 0 Å². The number of rotatable bonds is 5. The average Bonchev–Trinajstić information content (AvgIpc) is 2.86. The Bertz CT molecular complexity index is 481. The number of likely N-dealkylation sites (N-methyl/N-ethyl adjacent to an activating group) is 1. The summed E-state index contributed by atoms with van der Waals surface area (Å²) in [7, 11) is 3.53. The van der Waals surface area contributed by atoms with Gasteiger partial charge in [0.1, 0.15) is 6.04 Å². The van der Waals surface area contributed by atoms with E-state index in [0.29, 0.717) is 25.9 Å². The van der Waals surface area contributed by atoms with Gasteiger partial charge in [-0.05, 0) is 25.6 Å². The van der Waals surface area contributed by atoms with Gasteiger partial charge in [-0.25, -0.2) is 0 Å². The molecule has 2 rings (SSSR count). The predicted molar refractivity (Wildman–Crippen MR) is 85.8 cm³/mol. The average molecular weight is 312 g/mol. The third kappa shape index (κ3) is 3.95. The highest BCUT2D eigenvalue weighted by Crippen LogP contribution is 2.23. The molecular formula is C15H22ClN3O2. The summed E-state index contributed by atoms with van der Waals surface area (Å²) in [6.45, 7) is 1.30. The number of carbonyl (C=O) groups excluding carboxylic acids is 2. The molecule has 1 aliphatic rings. The molecule has 1 saturated heterocycles. The van der Waals surface area contributed by atoms with Gasteiger partial charge in [0, 0.05) is 32.2 Å². The lowest BCUT2D eigenvalue weighted by molar-refractivity contribution is -0.136. The monoisotopic (exact) mass is 311 g/mol. The first-order valence-corrected chi connectivity index (χ1v) is 6.92. The highest BCUT2D eigenvalue weighted by Gasteiger charge is 2.36. The topological polar surface area (TPSA) is 52.7 Å². The normalized spacial score (nSPS) is 17.5. The Labute approximate surface area is 131 Å². The standard InChI is InChI=1S/C15H21N3O2.ClH/c1-16-10-8-14(19)17(2)13-9-11-18(15(13)20)12-6-4-3-5-7-12;/h3-7,13,16H,8-11H2,1-2H3;1H. The SMILES string of the molecule is CNCCC(=O)N(C)C1CCN(c2ccccc2)C1=O.Cl. The molecule has 0 radical (unpaired) electrons. The number of amides is 2. The third-order valence-electron chi connectivity index (χ3n) is 3.69. The molecule has 1 aromatic rings. The summed E-state index contributed by atoms with van der Waals surface area (Å²) < 4.78 is 0. The summed E-state index contributed by atoms with van der Waals surface area (Å²) in [4.78, 5) is 27.8. The highest BCUT2D eigenvalue weighted by atomic mass is 35.5. The minimum Gasteiger partial charge on any atom is -0.334 e. The van der Waals surface area contributed by atoms with Crippen LogP contribution in [-0.4, -0.2) is 49.9 Å². The molecule has 0 aliphatic carbocycles. The number of carbonyl (C=O) groups is 2. The zero-order valence-electron chi connectivity index (χ0n) is 12.4. The van der Waals surface area contributed by atoms with Crippen LogP contribution in [-0.2, 0) is 9.59 Å². The van der Waals surface area contributed by atoms with E-state index in [-0.39, 0.29) is 30.3 Å². The number of para-hydroxylation sites is 1. The number of hydrogen-bond acceptors (Lipinski definition) is 3. The molecule has 5 nitrogen and oxygen atoms in total. The van der Waals surface area contributed by atoms with E-state index in [4.69, 9.17) is 0 Å². The molecule has 6 heteroatoms. The largest absolute Gasteiger partial charge is 0.334 e. The van der Waals surface area contributed by atoms with Gasteiger partial charge < -0.3 is 15.1 Å². The van der Waals surface area contributed by atoms with Crippen molar-refractivity contribution in [2.45, 2.75) is 18.9 Å². The molecule has 1 heterocycles. The fraction of sp³-hybridized carbons (Fsp3) is 0.467. The van der Waals surface area contributed by atoms with Crippen LogP contribution in [0, 0.1) is 0 Å². The van der Waals surface area contributed by atoms with Gasteiger partial charge in [0.2, 0.25) is 11.8 Å². The molecule has 1 aliphatic heterocycles. The number of anilines is 1. The van der Waals surface area contributed by atoms with E-state index >= 15 is 0 Å². The summed E-state index contributed by atoms with van der Waals surface area (Å²) in [5.74, 6) is 0.0177. The van der Waals surface area contributed by atoms with Crippen molar-refractivity contribution >= 4 is 29.9 Å². The minimum absolute atomic E-state index is 0. The first-order chi connectivity index (χ1) is 9.65. The summed E-state index contributed by atoms with van der Waals surface area (Å²) >= 11 is 0. The maximum Gasteiger partial charge on any atom is 0.249 e. The molecule has 0 aromatic heterocycles. The van der Waals surface area contributed by atoms with E-state index in [0.717, 1.165) is 5.69 Å². The van der Waals surface area contributed by atoms with Gasteiger partial charge in [-0.15, -0.1) is 12.4 Å². The van der Waals surface area contributed by atoms with E-state index in [1.165, 1.54) is 0 Å². The second-order valence-electron chi connectivity index (χ2n) is 4.99. The van der Waals surface area contributed by atoms with Crippen molar-refractivity contribution in [2.24, 2.45) is 0 Å². The van der Waals surface area contributed by atoms with Crippen molar-refractivity contribution < 1.29 is 9.59 Å². The number of halogens is 1. The maximum absolute atomic E-state index is 12.4. The summed E-state index contributed by atoms with van der Waals surface area (Å²) in [6, 6.07) is 9.26. The van der Waals surface area contributed by atoms with Gasteiger partial charge >= 0.3 is 0 Å². The molecule has 1 aromatic carbocycles. The molecule has 21 heavy (non-hydrogen) atoms. The van der Waals surface area contributed by atoms with E-state index in [1.807, 2.05) is 37.4 Å². The van der Waals surface area contributed by atoms with Crippen LogP contribution in [0.3, 0.4) is 0 Å². The van der Waals surface area contributed by atoms with Crippen LogP contribution in [0.1, 0.15) is 12.8 Å². The van der Waals surface area contributed by atoms with Crippen molar-refractivity contribution in [3.8, 4) is 0 Å². The van der Waals surface area contributed by atoms with Crippen LogP contribution in [0.15, 0.2) is 30.3 Å². The molecule has 0 bridgehead atoms. The first-order valence-electron chi connectivity index (χ1n) is 6.92. The van der Waals surface area contributed by atoms with Gasteiger partial charge in [-0.1, -0.05) is 18.2 Å². The van der Waals surface area contributed by atoms with Gasteiger partial charge in [0.15, 0.2) is 0 Å². The van der Waals surface area contributed by atoms with Crippen LogP contribution in [0.4, 0.5) is 5.69 Å². The highest BCUT2D eigenvalue weighted by molar-refractivity contribution is 6.01. The minimum atomic E-state index is -0.334. The maximum atomic E-state index is 12.4. The molecule has 1 atom stereocenters. The Morgan fingerprint density at radius 1 is 1.38 bits per heavy atom. The predicted octanol–water partition coefficient (Wildman–Crippen LogP) is 1.28. The fourth-order valence-corrected chi connectivity index (χ4v) is 2.47. The Kier molecular flexibility index (Phi) is 6.65. The Morgan fingerprint density at radius 2 is 2.05 bits per heavy atom. The van der Waals surface area contributed by atoms with Crippen LogP contribution in [0.25, 0.3) is 0 Å². The zero-order valence-corrected chi connectivity index (χ0v) is 13.2. The molecule has 0 spiro atoms. The lowest BCUT2D eigenvalue weighted by atomic mass is 10.2. The Hall–Kier alpha value is -1.59. The molecule has 1 N–H and O–H groups in total. The Balaban J connectivity index is 0.00000220. The second-order valence-corrected chi connectivity index (χ2v) is 4.99. The van der Waals surface area contributed by atoms with Gasteiger partial charge in [0.25, 0.3) is 0 Å².